The maximum Gasteiger partial charge on any atom is 0.145 e. The van der Waals surface area contributed by atoms with Gasteiger partial charge in [0.05, 0.1) is 5.52 Å². The van der Waals surface area contributed by atoms with Gasteiger partial charge >= 0.3 is 0 Å². The maximum absolute atomic E-state index is 4.80. The molecule has 10 rings (SSSR count). The van der Waals surface area contributed by atoms with Crippen molar-refractivity contribution in [3.05, 3.63) is 194 Å². The molecule has 51 heavy (non-hydrogen) atoms. The average Bonchev–Trinajstić information content (AvgIpc) is 3.54. The number of benzene rings is 8. The third-order valence-corrected chi connectivity index (χ3v) is 10.2. The van der Waals surface area contributed by atoms with Crippen molar-refractivity contribution in [3.63, 3.8) is 0 Å². The zero-order valence-corrected chi connectivity index (χ0v) is 27.9. The second-order valence-electron chi connectivity index (χ2n) is 13.1. The molecule has 0 aliphatic rings. The second kappa shape index (κ2) is 12.0. The van der Waals surface area contributed by atoms with Crippen molar-refractivity contribution in [1.82, 2.24) is 9.55 Å². The zero-order valence-electron chi connectivity index (χ0n) is 27.9. The van der Waals surface area contributed by atoms with Crippen LogP contribution in [0, 0.1) is 0 Å². The summed E-state index contributed by atoms with van der Waals surface area (Å²) in [5, 5.41) is 7.39. The summed E-state index contributed by atoms with van der Waals surface area (Å²) in [6, 6.07) is 68.0. The third-order valence-electron chi connectivity index (χ3n) is 10.2. The van der Waals surface area contributed by atoms with Gasteiger partial charge in [-0.15, -0.1) is 0 Å². The molecule has 0 radical (unpaired) electrons. The van der Waals surface area contributed by atoms with E-state index >= 15 is 0 Å². The van der Waals surface area contributed by atoms with E-state index in [0.717, 1.165) is 22.2 Å². The van der Waals surface area contributed by atoms with Crippen LogP contribution >= 0.6 is 0 Å². The Balaban J connectivity index is 1.11. The summed E-state index contributed by atoms with van der Waals surface area (Å²) in [5.74, 6) is 0. The Morgan fingerprint density at radius 2 is 0.804 bits per heavy atom. The minimum absolute atomic E-state index is 0.972. The summed E-state index contributed by atoms with van der Waals surface area (Å²) in [7, 11) is 0. The summed E-state index contributed by atoms with van der Waals surface area (Å²) in [6.45, 7) is 0. The monoisotopic (exact) mass is 648 g/mol. The molecule has 2 heteroatoms. The van der Waals surface area contributed by atoms with Crippen molar-refractivity contribution in [3.8, 4) is 50.2 Å². The van der Waals surface area contributed by atoms with Crippen molar-refractivity contribution < 1.29 is 0 Å². The fourth-order valence-corrected chi connectivity index (χ4v) is 7.93. The van der Waals surface area contributed by atoms with E-state index in [1.54, 1.807) is 0 Å². The van der Waals surface area contributed by atoms with Crippen molar-refractivity contribution in [2.75, 3.05) is 0 Å². The Labute approximate surface area is 296 Å². The number of nitrogens with zero attached hydrogens (tertiary/aromatic N) is 2. The van der Waals surface area contributed by atoms with Crippen molar-refractivity contribution in [2.24, 2.45) is 0 Å². The first-order chi connectivity index (χ1) is 25.3. The van der Waals surface area contributed by atoms with E-state index in [1.165, 1.54) is 71.4 Å². The number of rotatable bonds is 5. The van der Waals surface area contributed by atoms with Crippen LogP contribution in [0.25, 0.3) is 93.7 Å². The molecule has 0 aliphatic heterocycles. The fraction of sp³-hybridized carbons (Fsp3) is 0. The standard InChI is InChI=1S/C49H32N2/c1-3-13-33(14-4-1)36-15-11-16-38(31-36)48-42-21-9-7-19-40(42)47(41-20-8-10-22-43(41)48)35-26-24-34(25-27-35)37-28-29-46-45(32-37)44-23-12-30-50-49(44)51(46)39-17-5-2-6-18-39/h1-32H. The van der Waals surface area contributed by atoms with Crippen LogP contribution in [0.15, 0.2) is 194 Å². The minimum Gasteiger partial charge on any atom is -0.294 e. The van der Waals surface area contributed by atoms with Crippen LogP contribution in [-0.2, 0) is 0 Å². The lowest BCUT2D eigenvalue weighted by molar-refractivity contribution is 1.14. The molecule has 0 saturated heterocycles. The quantitative estimate of drug-likeness (QED) is 0.170. The van der Waals surface area contributed by atoms with Gasteiger partial charge in [0.15, 0.2) is 0 Å². The summed E-state index contributed by atoms with van der Waals surface area (Å²) in [5.41, 5.74) is 13.0. The topological polar surface area (TPSA) is 17.8 Å². The predicted molar refractivity (Wildman–Crippen MR) is 215 cm³/mol. The lowest BCUT2D eigenvalue weighted by Gasteiger charge is -2.18. The van der Waals surface area contributed by atoms with Crippen LogP contribution in [0.5, 0.6) is 0 Å². The zero-order chi connectivity index (χ0) is 33.7. The summed E-state index contributed by atoms with van der Waals surface area (Å²) >= 11 is 0. The average molecular weight is 649 g/mol. The molecule has 0 fully saturated rings. The molecule has 2 aromatic heterocycles. The number of pyridine rings is 1. The Kier molecular flexibility index (Phi) is 6.85. The lowest BCUT2D eigenvalue weighted by Crippen LogP contribution is -1.94. The third kappa shape index (κ3) is 4.84. The van der Waals surface area contributed by atoms with Gasteiger partial charge in [0.25, 0.3) is 0 Å². The van der Waals surface area contributed by atoms with Crippen molar-refractivity contribution >= 4 is 43.5 Å². The van der Waals surface area contributed by atoms with Gasteiger partial charge in [0.2, 0.25) is 0 Å². The van der Waals surface area contributed by atoms with Gasteiger partial charge in [-0.1, -0.05) is 146 Å². The first-order valence-corrected chi connectivity index (χ1v) is 17.5. The molecule has 0 bridgehead atoms. The molecule has 0 amide bonds. The highest BCUT2D eigenvalue weighted by Gasteiger charge is 2.18. The van der Waals surface area contributed by atoms with Crippen LogP contribution in [0.3, 0.4) is 0 Å². The molecule has 0 saturated carbocycles. The molecule has 10 aromatic rings. The largest absolute Gasteiger partial charge is 0.294 e. The number of para-hydroxylation sites is 1. The van der Waals surface area contributed by atoms with Gasteiger partial charge in [-0.3, -0.25) is 4.57 Å². The molecule has 0 aliphatic carbocycles. The number of aromatic nitrogens is 2. The molecule has 238 valence electrons. The van der Waals surface area contributed by atoms with E-state index in [1.807, 2.05) is 12.3 Å². The Bertz CT molecular complexity index is 2830. The van der Waals surface area contributed by atoms with E-state index < -0.39 is 0 Å². The number of hydrogen-bond donors (Lipinski definition) is 0. The summed E-state index contributed by atoms with van der Waals surface area (Å²) in [6.07, 6.45) is 1.88. The molecule has 2 heterocycles. The van der Waals surface area contributed by atoms with E-state index in [0.29, 0.717) is 0 Å². The van der Waals surface area contributed by atoms with Crippen LogP contribution in [0.4, 0.5) is 0 Å². The van der Waals surface area contributed by atoms with Gasteiger partial charge < -0.3 is 0 Å². The SMILES string of the molecule is c1ccc(-c2cccc(-c3c4ccccc4c(-c4ccc(-c5ccc6c(c5)c5cccnc5n6-c5ccccc5)cc4)c4ccccc34)c2)cc1. The van der Waals surface area contributed by atoms with Crippen LogP contribution in [0.2, 0.25) is 0 Å². The van der Waals surface area contributed by atoms with Crippen molar-refractivity contribution in [2.45, 2.75) is 0 Å². The van der Waals surface area contributed by atoms with E-state index in [9.17, 15) is 0 Å². The van der Waals surface area contributed by atoms with Crippen LogP contribution < -0.4 is 0 Å². The second-order valence-corrected chi connectivity index (χ2v) is 13.1. The number of hydrogen-bond acceptors (Lipinski definition) is 1. The maximum atomic E-state index is 4.80. The highest BCUT2D eigenvalue weighted by Crippen LogP contribution is 2.44. The molecular formula is C49H32N2. The molecule has 8 aromatic carbocycles. The van der Waals surface area contributed by atoms with Crippen molar-refractivity contribution in [1.29, 1.82) is 0 Å². The normalized spacial score (nSPS) is 11.5. The van der Waals surface area contributed by atoms with Crippen LogP contribution in [-0.4, -0.2) is 9.55 Å². The molecule has 0 atom stereocenters. The Hall–Kier alpha value is -6.77. The summed E-state index contributed by atoms with van der Waals surface area (Å²) < 4.78 is 2.26. The molecule has 2 nitrogen and oxygen atoms in total. The fourth-order valence-electron chi connectivity index (χ4n) is 7.93. The Morgan fingerprint density at radius 1 is 0.314 bits per heavy atom. The predicted octanol–water partition coefficient (Wildman–Crippen LogP) is 13.2. The van der Waals surface area contributed by atoms with Gasteiger partial charge in [0.1, 0.15) is 5.65 Å². The van der Waals surface area contributed by atoms with Gasteiger partial charge in [0, 0.05) is 22.7 Å². The first-order valence-electron chi connectivity index (χ1n) is 17.5. The van der Waals surface area contributed by atoms with E-state index in [-0.39, 0.29) is 0 Å². The number of fused-ring (bicyclic) bond motifs is 5. The van der Waals surface area contributed by atoms with E-state index in [4.69, 9.17) is 4.98 Å². The molecular weight excluding hydrogens is 617 g/mol. The van der Waals surface area contributed by atoms with Gasteiger partial charge in [-0.05, 0) is 109 Å². The molecule has 0 spiro atoms. The lowest BCUT2D eigenvalue weighted by atomic mass is 9.85. The smallest absolute Gasteiger partial charge is 0.145 e. The van der Waals surface area contributed by atoms with Crippen LogP contribution in [0.1, 0.15) is 0 Å². The minimum atomic E-state index is 0.972. The summed E-state index contributed by atoms with van der Waals surface area (Å²) in [4.78, 5) is 4.80. The molecule has 0 unspecified atom stereocenters. The van der Waals surface area contributed by atoms with E-state index in [2.05, 4.69) is 187 Å². The first kappa shape index (κ1) is 29.2. The molecule has 0 N–H and O–H groups in total. The Morgan fingerprint density at radius 3 is 1.49 bits per heavy atom. The highest BCUT2D eigenvalue weighted by molar-refractivity contribution is 6.21. The van der Waals surface area contributed by atoms with Gasteiger partial charge in [-0.2, -0.15) is 0 Å². The van der Waals surface area contributed by atoms with Gasteiger partial charge in [-0.25, -0.2) is 4.98 Å². The highest BCUT2D eigenvalue weighted by atomic mass is 15.0.